The van der Waals surface area contributed by atoms with Gasteiger partial charge in [0.15, 0.2) is 4.80 Å². The summed E-state index contributed by atoms with van der Waals surface area (Å²) in [5.41, 5.74) is 2.76. The third-order valence-corrected chi connectivity index (χ3v) is 4.98. The zero-order chi connectivity index (χ0) is 17.8. The third-order valence-electron chi connectivity index (χ3n) is 3.94. The Morgan fingerprint density at radius 3 is 2.68 bits per heavy atom. The van der Waals surface area contributed by atoms with Crippen LogP contribution in [0.2, 0.25) is 0 Å². The molecule has 0 radical (unpaired) electrons. The maximum Gasteiger partial charge on any atom is 0.279 e. The smallest absolute Gasteiger partial charge is 0.279 e. The van der Waals surface area contributed by atoms with Crippen molar-refractivity contribution in [3.8, 4) is 18.1 Å². The number of amides is 1. The topological polar surface area (TPSA) is 43.6 Å². The van der Waals surface area contributed by atoms with Gasteiger partial charge in [-0.15, -0.1) is 6.42 Å². The molecule has 126 valence electrons. The van der Waals surface area contributed by atoms with E-state index in [0.29, 0.717) is 22.7 Å². The van der Waals surface area contributed by atoms with Gasteiger partial charge in [0.2, 0.25) is 0 Å². The number of terminal acetylenes is 1. The first-order valence-corrected chi connectivity index (χ1v) is 8.76. The molecule has 3 rings (SSSR count). The fourth-order valence-corrected chi connectivity index (χ4v) is 3.64. The quantitative estimate of drug-likeness (QED) is 0.674. The number of hydrogen-bond donors (Lipinski definition) is 0. The number of aromatic nitrogens is 1. The van der Waals surface area contributed by atoms with Crippen molar-refractivity contribution in [2.75, 3.05) is 7.11 Å². The Kier molecular flexibility index (Phi) is 5.01. The molecule has 0 N–H and O–H groups in total. The third kappa shape index (κ3) is 3.49. The van der Waals surface area contributed by atoms with Crippen molar-refractivity contribution < 1.29 is 9.53 Å². The van der Waals surface area contributed by atoms with Gasteiger partial charge >= 0.3 is 0 Å². The predicted molar refractivity (Wildman–Crippen MR) is 101 cm³/mol. The summed E-state index contributed by atoms with van der Waals surface area (Å²) in [5, 5.41) is 0. The minimum Gasteiger partial charge on any atom is -0.497 e. The average molecular weight is 350 g/mol. The number of fused-ring (bicyclic) bond motifs is 1. The first-order chi connectivity index (χ1) is 12.2. The van der Waals surface area contributed by atoms with E-state index in [4.69, 9.17) is 11.2 Å². The molecule has 4 nitrogen and oxygen atoms in total. The Morgan fingerprint density at radius 1 is 1.28 bits per heavy atom. The fourth-order valence-electron chi connectivity index (χ4n) is 2.55. The van der Waals surface area contributed by atoms with Crippen LogP contribution < -0.4 is 9.54 Å². The van der Waals surface area contributed by atoms with E-state index in [1.807, 2.05) is 10.6 Å². The molecular formula is C20H18N2O2S. The number of methoxy groups -OCH3 is 1. The van der Waals surface area contributed by atoms with Gasteiger partial charge in [0.1, 0.15) is 5.75 Å². The van der Waals surface area contributed by atoms with Crippen molar-refractivity contribution in [1.29, 1.82) is 0 Å². The molecule has 25 heavy (non-hydrogen) atoms. The lowest BCUT2D eigenvalue weighted by Gasteiger charge is -2.01. The van der Waals surface area contributed by atoms with Crippen molar-refractivity contribution >= 4 is 27.5 Å². The van der Waals surface area contributed by atoms with E-state index < -0.39 is 0 Å². The van der Waals surface area contributed by atoms with Crippen LogP contribution in [0.3, 0.4) is 0 Å². The van der Waals surface area contributed by atoms with Crippen molar-refractivity contribution in [1.82, 2.24) is 4.57 Å². The zero-order valence-corrected chi connectivity index (χ0v) is 15.0. The van der Waals surface area contributed by atoms with Gasteiger partial charge in [-0.25, -0.2) is 0 Å². The molecule has 1 amide bonds. The predicted octanol–water partition coefficient (Wildman–Crippen LogP) is 3.65. The number of carbonyl (C=O) groups is 1. The summed E-state index contributed by atoms with van der Waals surface area (Å²) in [5.74, 6) is 3.05. The molecule has 2 aromatic carbocycles. The number of rotatable bonds is 4. The highest BCUT2D eigenvalue weighted by Crippen LogP contribution is 2.20. The highest BCUT2D eigenvalue weighted by atomic mass is 32.1. The summed E-state index contributed by atoms with van der Waals surface area (Å²) in [4.78, 5) is 17.4. The maximum absolute atomic E-state index is 12.5. The number of hydrogen-bond acceptors (Lipinski definition) is 3. The van der Waals surface area contributed by atoms with Crippen LogP contribution in [-0.4, -0.2) is 17.6 Å². The van der Waals surface area contributed by atoms with E-state index in [0.717, 1.165) is 16.6 Å². The molecule has 0 unspecified atom stereocenters. The Labute approximate surface area is 150 Å². The second-order valence-electron chi connectivity index (χ2n) is 5.48. The molecule has 0 aliphatic rings. The fraction of sp³-hybridized carbons (Fsp3) is 0.200. The number of carbonyl (C=O) groups excluding carboxylic acids is 1. The number of benzene rings is 2. The van der Waals surface area contributed by atoms with Crippen molar-refractivity contribution in [3.05, 3.63) is 58.4 Å². The van der Waals surface area contributed by atoms with E-state index in [9.17, 15) is 4.79 Å². The number of aryl methyl sites for hydroxylation is 1. The van der Waals surface area contributed by atoms with Crippen molar-refractivity contribution in [2.24, 2.45) is 4.99 Å². The van der Waals surface area contributed by atoms with Crippen molar-refractivity contribution in [3.63, 3.8) is 0 Å². The summed E-state index contributed by atoms with van der Waals surface area (Å²) in [6.45, 7) is 2.49. The normalized spacial score (nSPS) is 11.5. The second kappa shape index (κ2) is 7.37. The maximum atomic E-state index is 12.5. The van der Waals surface area contributed by atoms with Crippen LogP contribution in [0.25, 0.3) is 10.2 Å². The van der Waals surface area contributed by atoms with E-state index in [2.05, 4.69) is 30.0 Å². The number of ether oxygens (including phenoxy) is 1. The highest BCUT2D eigenvalue weighted by Gasteiger charge is 2.09. The molecule has 1 aromatic heterocycles. The Hall–Kier alpha value is -2.84. The summed E-state index contributed by atoms with van der Waals surface area (Å²) >= 11 is 1.48. The molecule has 0 saturated carbocycles. The molecule has 5 heteroatoms. The largest absolute Gasteiger partial charge is 0.497 e. The zero-order valence-electron chi connectivity index (χ0n) is 14.2. The van der Waals surface area contributed by atoms with Gasteiger partial charge < -0.3 is 9.30 Å². The summed E-state index contributed by atoms with van der Waals surface area (Å²) in [6.07, 6.45) is 6.46. The number of nitrogens with zero attached hydrogens (tertiary/aromatic N) is 2. The minimum absolute atomic E-state index is 0.296. The summed E-state index contributed by atoms with van der Waals surface area (Å²) < 4.78 is 8.10. The Balaban J connectivity index is 2.08. The molecule has 0 saturated heterocycles. The lowest BCUT2D eigenvalue weighted by molar-refractivity contribution is 0.0998. The molecule has 0 spiro atoms. The van der Waals surface area contributed by atoms with Crippen LogP contribution in [0.15, 0.2) is 47.5 Å². The average Bonchev–Trinajstić information content (AvgIpc) is 2.98. The van der Waals surface area contributed by atoms with E-state index in [1.54, 1.807) is 31.4 Å². The first kappa shape index (κ1) is 17.0. The van der Waals surface area contributed by atoms with Crippen LogP contribution in [0.5, 0.6) is 5.75 Å². The monoisotopic (exact) mass is 350 g/mol. The van der Waals surface area contributed by atoms with E-state index >= 15 is 0 Å². The van der Waals surface area contributed by atoms with Crippen molar-refractivity contribution in [2.45, 2.75) is 19.9 Å². The standard InChI is InChI=1S/C20H18N2O2S/c1-4-12-22-17-11-6-14(5-2)13-18(17)25-20(22)21-19(23)15-7-9-16(24-3)10-8-15/h1,6-11,13H,5,12H2,2-3H3. The van der Waals surface area contributed by atoms with E-state index in [1.165, 1.54) is 16.9 Å². The van der Waals surface area contributed by atoms with Gasteiger partial charge in [-0.2, -0.15) is 4.99 Å². The van der Waals surface area contributed by atoms with Gasteiger partial charge in [0, 0.05) is 5.56 Å². The lowest BCUT2D eigenvalue weighted by Crippen LogP contribution is -2.16. The molecule has 3 aromatic rings. The summed E-state index contributed by atoms with van der Waals surface area (Å²) in [6, 6.07) is 13.2. The van der Waals surface area contributed by atoms with Gasteiger partial charge in [-0.3, -0.25) is 4.79 Å². The molecule has 0 aliphatic carbocycles. The Morgan fingerprint density at radius 2 is 2.04 bits per heavy atom. The SMILES string of the molecule is C#CCn1c(=NC(=O)c2ccc(OC)cc2)sc2cc(CC)ccc21. The van der Waals surface area contributed by atoms with Crippen LogP contribution >= 0.6 is 11.3 Å². The van der Waals surface area contributed by atoms with Crippen LogP contribution in [0.4, 0.5) is 0 Å². The van der Waals surface area contributed by atoms with Gasteiger partial charge in [-0.05, 0) is 48.4 Å². The van der Waals surface area contributed by atoms with Gasteiger partial charge in [0.05, 0.1) is 23.9 Å². The van der Waals surface area contributed by atoms with Gasteiger partial charge in [0.25, 0.3) is 5.91 Å². The lowest BCUT2D eigenvalue weighted by atomic mass is 10.2. The minimum atomic E-state index is -0.296. The molecule has 0 bridgehead atoms. The summed E-state index contributed by atoms with van der Waals surface area (Å²) in [7, 11) is 1.59. The first-order valence-electron chi connectivity index (χ1n) is 7.95. The molecule has 0 atom stereocenters. The number of thiazole rings is 1. The van der Waals surface area contributed by atoms with E-state index in [-0.39, 0.29) is 5.91 Å². The van der Waals surface area contributed by atoms with Crippen LogP contribution in [0, 0.1) is 12.3 Å². The molecular weight excluding hydrogens is 332 g/mol. The van der Waals surface area contributed by atoms with Gasteiger partial charge in [-0.1, -0.05) is 30.2 Å². The Bertz CT molecular complexity index is 1020. The van der Waals surface area contributed by atoms with Crippen LogP contribution in [0.1, 0.15) is 22.8 Å². The molecule has 0 aliphatic heterocycles. The highest BCUT2D eigenvalue weighted by molar-refractivity contribution is 7.16. The molecule has 0 fully saturated rings. The second-order valence-corrected chi connectivity index (χ2v) is 6.49. The molecule has 1 heterocycles. The van der Waals surface area contributed by atoms with Crippen LogP contribution in [-0.2, 0) is 13.0 Å².